The van der Waals surface area contributed by atoms with Gasteiger partial charge in [0.15, 0.2) is 11.5 Å². The van der Waals surface area contributed by atoms with E-state index in [0.717, 1.165) is 11.1 Å². The Balaban J connectivity index is 1.66. The van der Waals surface area contributed by atoms with E-state index in [4.69, 9.17) is 21.1 Å². The second kappa shape index (κ2) is 8.16. The topological polar surface area (TPSA) is 73.3 Å². The van der Waals surface area contributed by atoms with Crippen molar-refractivity contribution in [2.24, 2.45) is 0 Å². The summed E-state index contributed by atoms with van der Waals surface area (Å²) in [5.41, 5.74) is 1.70. The van der Waals surface area contributed by atoms with Crippen LogP contribution in [0.25, 0.3) is 10.6 Å². The Hall–Kier alpha value is -2.64. The first-order valence-electron chi connectivity index (χ1n) is 7.69. The lowest BCUT2D eigenvalue weighted by Gasteiger charge is -2.09. The number of methoxy groups -OCH3 is 2. The Kier molecular flexibility index (Phi) is 5.70. The largest absolute Gasteiger partial charge is 0.493 e. The Morgan fingerprint density at radius 3 is 2.50 bits per heavy atom. The quantitative estimate of drug-likeness (QED) is 0.688. The summed E-state index contributed by atoms with van der Waals surface area (Å²) < 4.78 is 10.4. The van der Waals surface area contributed by atoms with Crippen LogP contribution in [-0.2, 0) is 11.2 Å². The predicted octanol–water partition coefficient (Wildman–Crippen LogP) is 4.06. The minimum absolute atomic E-state index is 0.184. The van der Waals surface area contributed by atoms with Crippen molar-refractivity contribution in [2.75, 3.05) is 19.5 Å². The van der Waals surface area contributed by atoms with E-state index in [1.807, 2.05) is 18.2 Å². The van der Waals surface area contributed by atoms with E-state index in [-0.39, 0.29) is 12.3 Å². The molecule has 0 unspecified atom stereocenters. The zero-order valence-corrected chi connectivity index (χ0v) is 15.7. The lowest BCUT2D eigenvalue weighted by molar-refractivity contribution is -0.115. The first kappa shape index (κ1) is 18.2. The molecule has 26 heavy (non-hydrogen) atoms. The number of carbonyl (C=O) groups excluding carboxylic acids is 1. The number of ether oxygens (including phenoxy) is 2. The van der Waals surface area contributed by atoms with Gasteiger partial charge < -0.3 is 14.8 Å². The van der Waals surface area contributed by atoms with Crippen LogP contribution in [0.1, 0.15) is 5.56 Å². The second-order valence-electron chi connectivity index (χ2n) is 5.33. The van der Waals surface area contributed by atoms with Crippen molar-refractivity contribution in [3.05, 3.63) is 53.1 Å². The van der Waals surface area contributed by atoms with E-state index in [1.54, 1.807) is 38.5 Å². The van der Waals surface area contributed by atoms with Gasteiger partial charge in [0.1, 0.15) is 5.01 Å². The van der Waals surface area contributed by atoms with Crippen LogP contribution >= 0.6 is 22.9 Å². The zero-order chi connectivity index (χ0) is 18.5. The monoisotopic (exact) mass is 389 g/mol. The highest BCUT2D eigenvalue weighted by Gasteiger charge is 2.12. The maximum absolute atomic E-state index is 12.3. The molecule has 134 valence electrons. The molecule has 3 aromatic rings. The van der Waals surface area contributed by atoms with E-state index in [9.17, 15) is 4.79 Å². The minimum atomic E-state index is -0.184. The highest BCUT2D eigenvalue weighted by Crippen LogP contribution is 2.29. The van der Waals surface area contributed by atoms with E-state index in [0.29, 0.717) is 26.7 Å². The molecule has 1 aromatic heterocycles. The fraction of sp³-hybridized carbons (Fsp3) is 0.167. The van der Waals surface area contributed by atoms with Crippen LogP contribution in [0.4, 0.5) is 5.13 Å². The molecule has 0 aliphatic heterocycles. The molecule has 2 aromatic carbocycles. The molecule has 6 nitrogen and oxygen atoms in total. The van der Waals surface area contributed by atoms with Gasteiger partial charge in [-0.2, -0.15) is 0 Å². The fourth-order valence-corrected chi connectivity index (χ4v) is 3.21. The first-order valence-corrected chi connectivity index (χ1v) is 8.88. The molecule has 8 heteroatoms. The lowest BCUT2D eigenvalue weighted by atomic mass is 10.1. The predicted molar refractivity (Wildman–Crippen MR) is 102 cm³/mol. The van der Waals surface area contributed by atoms with Gasteiger partial charge >= 0.3 is 0 Å². The molecule has 0 saturated heterocycles. The van der Waals surface area contributed by atoms with Crippen LogP contribution < -0.4 is 14.8 Å². The fourth-order valence-electron chi connectivity index (χ4n) is 2.32. The molecule has 0 atom stereocenters. The molecule has 1 N–H and O–H groups in total. The molecule has 0 fully saturated rings. The van der Waals surface area contributed by atoms with E-state index in [1.165, 1.54) is 11.3 Å². The van der Waals surface area contributed by atoms with Crippen LogP contribution in [-0.4, -0.2) is 30.3 Å². The third-order valence-corrected chi connectivity index (χ3v) is 4.71. The van der Waals surface area contributed by atoms with Crippen LogP contribution in [0.2, 0.25) is 5.02 Å². The van der Waals surface area contributed by atoms with Crippen molar-refractivity contribution in [2.45, 2.75) is 6.42 Å². The second-order valence-corrected chi connectivity index (χ2v) is 6.75. The summed E-state index contributed by atoms with van der Waals surface area (Å²) in [6.45, 7) is 0. The first-order chi connectivity index (χ1) is 12.6. The summed E-state index contributed by atoms with van der Waals surface area (Å²) in [7, 11) is 3.12. The van der Waals surface area contributed by atoms with Crippen LogP contribution in [0.15, 0.2) is 42.5 Å². The van der Waals surface area contributed by atoms with Crippen LogP contribution in [0.3, 0.4) is 0 Å². The molecular formula is C18H16ClN3O3S. The summed E-state index contributed by atoms with van der Waals surface area (Å²) in [4.78, 5) is 12.3. The van der Waals surface area contributed by atoms with Gasteiger partial charge in [0, 0.05) is 10.6 Å². The van der Waals surface area contributed by atoms with Crippen molar-refractivity contribution >= 4 is 34.0 Å². The number of benzene rings is 2. The summed E-state index contributed by atoms with van der Waals surface area (Å²) >= 11 is 7.19. The molecule has 0 aliphatic rings. The average molecular weight is 390 g/mol. The van der Waals surface area contributed by atoms with E-state index >= 15 is 0 Å². The lowest BCUT2D eigenvalue weighted by Crippen LogP contribution is -2.14. The van der Waals surface area contributed by atoms with Gasteiger partial charge in [0.25, 0.3) is 0 Å². The summed E-state index contributed by atoms with van der Waals surface area (Å²) in [6, 6.07) is 12.7. The molecule has 0 spiro atoms. The maximum atomic E-state index is 12.3. The normalized spacial score (nSPS) is 10.4. The van der Waals surface area contributed by atoms with E-state index < -0.39 is 0 Å². The van der Waals surface area contributed by atoms with Gasteiger partial charge in [-0.1, -0.05) is 41.1 Å². The number of aromatic nitrogens is 2. The third kappa shape index (κ3) is 4.30. The molecular weight excluding hydrogens is 374 g/mol. The standard InChI is InChI=1S/C18H16ClN3O3S/c1-24-14-8-3-11(9-15(14)25-2)10-16(23)20-18-22-21-17(26-18)12-4-6-13(19)7-5-12/h3-9H,10H2,1-2H3,(H,20,22,23). The number of amides is 1. The number of halogens is 1. The Morgan fingerprint density at radius 1 is 1.08 bits per heavy atom. The molecule has 3 rings (SSSR count). The van der Waals surface area contributed by atoms with E-state index in [2.05, 4.69) is 15.5 Å². The SMILES string of the molecule is COc1ccc(CC(=O)Nc2nnc(-c3ccc(Cl)cc3)s2)cc1OC. The molecule has 0 saturated carbocycles. The Bertz CT molecular complexity index is 912. The minimum Gasteiger partial charge on any atom is -0.493 e. The van der Waals surface area contributed by atoms with Crippen molar-refractivity contribution in [1.29, 1.82) is 0 Å². The van der Waals surface area contributed by atoms with Gasteiger partial charge in [-0.05, 0) is 29.8 Å². The number of nitrogens with one attached hydrogen (secondary N) is 1. The molecule has 1 heterocycles. The van der Waals surface area contributed by atoms with Gasteiger partial charge in [0.2, 0.25) is 11.0 Å². The smallest absolute Gasteiger partial charge is 0.230 e. The summed E-state index contributed by atoms with van der Waals surface area (Å²) in [5, 5.41) is 12.7. The number of hydrogen-bond acceptors (Lipinski definition) is 6. The van der Waals surface area contributed by atoms with Crippen molar-refractivity contribution < 1.29 is 14.3 Å². The molecule has 0 radical (unpaired) electrons. The Morgan fingerprint density at radius 2 is 1.81 bits per heavy atom. The van der Waals surface area contributed by atoms with Gasteiger partial charge in [-0.3, -0.25) is 4.79 Å². The average Bonchev–Trinajstić information content (AvgIpc) is 3.10. The number of hydrogen-bond donors (Lipinski definition) is 1. The van der Waals surface area contributed by atoms with Gasteiger partial charge in [0.05, 0.1) is 20.6 Å². The summed E-state index contributed by atoms with van der Waals surface area (Å²) in [6.07, 6.45) is 0.191. The molecule has 0 aliphatic carbocycles. The van der Waals surface area contributed by atoms with Crippen molar-refractivity contribution in [1.82, 2.24) is 10.2 Å². The maximum Gasteiger partial charge on any atom is 0.230 e. The van der Waals surface area contributed by atoms with Crippen LogP contribution in [0, 0.1) is 0 Å². The van der Waals surface area contributed by atoms with Crippen molar-refractivity contribution in [3.63, 3.8) is 0 Å². The number of anilines is 1. The molecule has 1 amide bonds. The Labute approximate surface area is 159 Å². The van der Waals surface area contributed by atoms with Crippen LogP contribution in [0.5, 0.6) is 11.5 Å². The van der Waals surface area contributed by atoms with Crippen molar-refractivity contribution in [3.8, 4) is 22.1 Å². The molecule has 0 bridgehead atoms. The number of nitrogens with zero attached hydrogens (tertiary/aromatic N) is 2. The van der Waals surface area contributed by atoms with Gasteiger partial charge in [-0.15, -0.1) is 10.2 Å². The van der Waals surface area contributed by atoms with Gasteiger partial charge in [-0.25, -0.2) is 0 Å². The number of carbonyl (C=O) groups is 1. The third-order valence-electron chi connectivity index (χ3n) is 3.58. The zero-order valence-electron chi connectivity index (χ0n) is 14.2. The highest BCUT2D eigenvalue weighted by atomic mass is 35.5. The highest BCUT2D eigenvalue weighted by molar-refractivity contribution is 7.18. The summed E-state index contributed by atoms with van der Waals surface area (Å²) in [5.74, 6) is 1.02. The number of rotatable bonds is 6.